The number of aromatic nitrogens is 2. The molecular formula is C14H16N4O. The third-order valence-electron chi connectivity index (χ3n) is 2.62. The molecule has 0 spiro atoms. The van der Waals surface area contributed by atoms with Crippen LogP contribution in [0.4, 0.5) is 17.3 Å². The predicted molar refractivity (Wildman–Crippen MR) is 75.5 cm³/mol. The van der Waals surface area contributed by atoms with E-state index in [0.717, 1.165) is 11.3 Å². The van der Waals surface area contributed by atoms with E-state index >= 15 is 0 Å². The van der Waals surface area contributed by atoms with Crippen molar-refractivity contribution < 1.29 is 4.79 Å². The maximum absolute atomic E-state index is 10.9. The number of aryl methyl sites for hydroxylation is 2. The van der Waals surface area contributed by atoms with Crippen molar-refractivity contribution in [3.63, 3.8) is 0 Å². The van der Waals surface area contributed by atoms with Crippen molar-refractivity contribution in [2.75, 3.05) is 10.6 Å². The highest BCUT2D eigenvalue weighted by atomic mass is 16.1. The van der Waals surface area contributed by atoms with Gasteiger partial charge in [0.2, 0.25) is 5.91 Å². The van der Waals surface area contributed by atoms with E-state index in [1.807, 2.05) is 13.8 Å². The lowest BCUT2D eigenvalue weighted by atomic mass is 10.1. The monoisotopic (exact) mass is 256 g/mol. The van der Waals surface area contributed by atoms with E-state index in [2.05, 4.69) is 39.0 Å². The summed E-state index contributed by atoms with van der Waals surface area (Å²) in [5, 5.41) is 13.7. The second-order valence-corrected chi connectivity index (χ2v) is 4.43. The molecule has 1 aromatic carbocycles. The van der Waals surface area contributed by atoms with Gasteiger partial charge >= 0.3 is 0 Å². The topological polar surface area (TPSA) is 66.9 Å². The van der Waals surface area contributed by atoms with E-state index in [4.69, 9.17) is 0 Å². The largest absolute Gasteiger partial charge is 0.339 e. The Morgan fingerprint density at radius 3 is 2.37 bits per heavy atom. The van der Waals surface area contributed by atoms with Crippen molar-refractivity contribution in [2.24, 2.45) is 0 Å². The van der Waals surface area contributed by atoms with Crippen LogP contribution in [-0.2, 0) is 4.79 Å². The van der Waals surface area contributed by atoms with Gasteiger partial charge in [0.25, 0.3) is 0 Å². The number of rotatable bonds is 3. The molecule has 0 aliphatic carbocycles. The van der Waals surface area contributed by atoms with Crippen LogP contribution in [-0.4, -0.2) is 16.1 Å². The summed E-state index contributed by atoms with van der Waals surface area (Å²) in [4.78, 5) is 10.9. The van der Waals surface area contributed by atoms with Crippen LogP contribution in [0.15, 0.2) is 30.3 Å². The molecule has 0 aliphatic rings. The van der Waals surface area contributed by atoms with Gasteiger partial charge in [-0.15, -0.1) is 10.2 Å². The molecule has 0 unspecified atom stereocenters. The summed E-state index contributed by atoms with van der Waals surface area (Å²) in [6, 6.07) is 9.66. The fourth-order valence-corrected chi connectivity index (χ4v) is 1.65. The van der Waals surface area contributed by atoms with Gasteiger partial charge in [0, 0.05) is 12.6 Å². The fourth-order valence-electron chi connectivity index (χ4n) is 1.65. The van der Waals surface area contributed by atoms with E-state index in [1.54, 1.807) is 12.1 Å². The van der Waals surface area contributed by atoms with Crippen LogP contribution in [0, 0.1) is 13.8 Å². The average Bonchev–Trinajstić information content (AvgIpc) is 2.35. The van der Waals surface area contributed by atoms with Crippen molar-refractivity contribution in [3.8, 4) is 0 Å². The normalized spacial score (nSPS) is 10.1. The minimum Gasteiger partial charge on any atom is -0.339 e. The van der Waals surface area contributed by atoms with Gasteiger partial charge in [-0.2, -0.15) is 0 Å². The quantitative estimate of drug-likeness (QED) is 0.886. The zero-order valence-corrected chi connectivity index (χ0v) is 11.2. The number of benzene rings is 1. The molecule has 0 fully saturated rings. The van der Waals surface area contributed by atoms with Crippen LogP contribution in [0.1, 0.15) is 18.1 Å². The van der Waals surface area contributed by atoms with Gasteiger partial charge in [0.1, 0.15) is 0 Å². The Bertz CT molecular complexity index is 593. The minimum atomic E-state index is -0.162. The van der Waals surface area contributed by atoms with Gasteiger partial charge in [0.15, 0.2) is 11.6 Å². The highest BCUT2D eigenvalue weighted by molar-refractivity contribution is 5.87. The fraction of sp³-hybridized carbons (Fsp3) is 0.214. The van der Waals surface area contributed by atoms with E-state index in [1.165, 1.54) is 12.5 Å². The molecule has 2 aromatic rings. The molecule has 1 heterocycles. The van der Waals surface area contributed by atoms with Crippen molar-refractivity contribution in [3.05, 3.63) is 41.5 Å². The van der Waals surface area contributed by atoms with E-state index in [-0.39, 0.29) is 5.91 Å². The first kappa shape index (κ1) is 13.0. The lowest BCUT2D eigenvalue weighted by Crippen LogP contribution is -2.08. The molecule has 0 bridgehead atoms. The number of nitrogens with zero attached hydrogens (tertiary/aromatic N) is 2. The van der Waals surface area contributed by atoms with Crippen LogP contribution < -0.4 is 10.6 Å². The van der Waals surface area contributed by atoms with E-state index < -0.39 is 0 Å². The van der Waals surface area contributed by atoms with Crippen molar-refractivity contribution >= 4 is 23.2 Å². The van der Waals surface area contributed by atoms with Gasteiger partial charge in [-0.25, -0.2) is 0 Å². The number of hydrogen-bond donors (Lipinski definition) is 2. The molecule has 5 nitrogen and oxygen atoms in total. The molecule has 19 heavy (non-hydrogen) atoms. The van der Waals surface area contributed by atoms with Gasteiger partial charge in [-0.1, -0.05) is 12.1 Å². The summed E-state index contributed by atoms with van der Waals surface area (Å²) in [5.74, 6) is 0.923. The first-order valence-corrected chi connectivity index (χ1v) is 6.00. The zero-order valence-electron chi connectivity index (χ0n) is 11.2. The molecule has 98 valence electrons. The Hall–Kier alpha value is -2.43. The molecule has 0 atom stereocenters. The highest BCUT2D eigenvalue weighted by Crippen LogP contribution is 2.20. The maximum atomic E-state index is 10.9. The zero-order chi connectivity index (χ0) is 13.8. The molecule has 1 aromatic heterocycles. The molecule has 5 heteroatoms. The number of carbonyl (C=O) groups is 1. The number of hydrogen-bond acceptors (Lipinski definition) is 4. The van der Waals surface area contributed by atoms with Crippen LogP contribution >= 0.6 is 0 Å². The van der Waals surface area contributed by atoms with Gasteiger partial charge in [-0.3, -0.25) is 4.79 Å². The van der Waals surface area contributed by atoms with Crippen molar-refractivity contribution in [1.82, 2.24) is 10.2 Å². The molecule has 2 N–H and O–H groups in total. The van der Waals surface area contributed by atoms with E-state index in [9.17, 15) is 4.79 Å². The number of anilines is 3. The smallest absolute Gasteiger partial charge is 0.222 e. The van der Waals surface area contributed by atoms with Crippen LogP contribution in [0.25, 0.3) is 0 Å². The van der Waals surface area contributed by atoms with Gasteiger partial charge in [-0.05, 0) is 43.2 Å². The summed E-state index contributed by atoms with van der Waals surface area (Å²) in [6.45, 7) is 5.50. The molecule has 0 radical (unpaired) electrons. The Morgan fingerprint density at radius 2 is 1.74 bits per heavy atom. The molecule has 0 saturated heterocycles. The number of nitrogens with one attached hydrogen (secondary N) is 2. The Kier molecular flexibility index (Phi) is 3.75. The Labute approximate surface area is 112 Å². The molecular weight excluding hydrogens is 240 g/mol. The van der Waals surface area contributed by atoms with Crippen molar-refractivity contribution in [2.45, 2.75) is 20.8 Å². The third-order valence-corrected chi connectivity index (χ3v) is 2.62. The van der Waals surface area contributed by atoms with Crippen LogP contribution in [0.3, 0.4) is 0 Å². The molecule has 0 aliphatic heterocycles. The summed E-state index contributed by atoms with van der Waals surface area (Å²) in [7, 11) is 0. The summed E-state index contributed by atoms with van der Waals surface area (Å²) >= 11 is 0. The minimum absolute atomic E-state index is 0.162. The summed E-state index contributed by atoms with van der Waals surface area (Å²) < 4.78 is 0. The standard InChI is InChI=1S/C14H16N4O/c1-9-4-5-10(2)12(8-9)16-14-7-6-13(17-18-14)15-11(3)19/h4-8H,1-3H3,(H,16,18)(H,15,17,19). The number of carbonyl (C=O) groups excluding carboxylic acids is 1. The highest BCUT2D eigenvalue weighted by Gasteiger charge is 2.02. The predicted octanol–water partition coefficient (Wildman–Crippen LogP) is 2.80. The number of amides is 1. The Morgan fingerprint density at radius 1 is 1.05 bits per heavy atom. The third kappa shape index (κ3) is 3.51. The first-order chi connectivity index (χ1) is 9.04. The first-order valence-electron chi connectivity index (χ1n) is 6.00. The van der Waals surface area contributed by atoms with Crippen molar-refractivity contribution in [1.29, 1.82) is 0 Å². The maximum Gasteiger partial charge on any atom is 0.222 e. The van der Waals surface area contributed by atoms with E-state index in [0.29, 0.717) is 11.6 Å². The van der Waals surface area contributed by atoms with Gasteiger partial charge < -0.3 is 10.6 Å². The van der Waals surface area contributed by atoms with Gasteiger partial charge in [0.05, 0.1) is 0 Å². The lowest BCUT2D eigenvalue weighted by molar-refractivity contribution is -0.114. The SMILES string of the molecule is CC(=O)Nc1ccc(Nc2cc(C)ccc2C)nn1. The molecule has 1 amide bonds. The average molecular weight is 256 g/mol. The second kappa shape index (κ2) is 5.48. The second-order valence-electron chi connectivity index (χ2n) is 4.43. The Balaban J connectivity index is 2.15. The summed E-state index contributed by atoms with van der Waals surface area (Å²) in [6.07, 6.45) is 0. The molecule has 0 saturated carbocycles. The molecule has 2 rings (SSSR count). The van der Waals surface area contributed by atoms with Crippen LogP contribution in [0.2, 0.25) is 0 Å². The lowest BCUT2D eigenvalue weighted by Gasteiger charge is -2.09. The summed E-state index contributed by atoms with van der Waals surface area (Å²) in [5.41, 5.74) is 3.32. The van der Waals surface area contributed by atoms with Crippen LogP contribution in [0.5, 0.6) is 0 Å².